The molecule has 0 aromatic heterocycles. The number of nitrogens with zero attached hydrogens (tertiary/aromatic N) is 3. The molecule has 3 rings (SSSR count). The van der Waals surface area contributed by atoms with Crippen LogP contribution in [0.25, 0.3) is 0 Å². The summed E-state index contributed by atoms with van der Waals surface area (Å²) in [7, 11) is 2.07. The largest absolute Gasteiger partial charge is 0.340 e. The van der Waals surface area contributed by atoms with Gasteiger partial charge in [0, 0.05) is 31.2 Å². The van der Waals surface area contributed by atoms with Crippen LogP contribution in [0.15, 0.2) is 18.2 Å². The summed E-state index contributed by atoms with van der Waals surface area (Å²) in [6, 6.07) is 4.45. The molecular formula is C18H23Cl2N3O2. The molecule has 25 heavy (non-hydrogen) atoms. The molecule has 136 valence electrons. The number of likely N-dealkylation sites (N-methyl/N-ethyl adjacent to an activating group) is 1. The maximum Gasteiger partial charge on any atom is 0.256 e. The lowest BCUT2D eigenvalue weighted by Crippen LogP contribution is -2.48. The highest BCUT2D eigenvalue weighted by Crippen LogP contribution is 2.27. The monoisotopic (exact) mass is 383 g/mol. The fourth-order valence-electron chi connectivity index (χ4n) is 3.56. The van der Waals surface area contributed by atoms with E-state index in [9.17, 15) is 9.59 Å². The highest BCUT2D eigenvalue weighted by Gasteiger charge is 2.37. The second kappa shape index (κ2) is 7.94. The topological polar surface area (TPSA) is 43.9 Å². The minimum absolute atomic E-state index is 0.0549. The third-order valence-electron chi connectivity index (χ3n) is 4.99. The van der Waals surface area contributed by atoms with Gasteiger partial charge in [0.1, 0.15) is 6.04 Å². The third-order valence-corrected chi connectivity index (χ3v) is 5.55. The molecule has 1 aromatic carbocycles. The standard InChI is InChI=1S/C18H23Cl2N3O2/c1-21-7-3-8-22(11-10-21)18(25)16-4-2-9-23(16)17(24)14-12-13(19)5-6-15(14)20/h5-6,12,16H,2-4,7-11H2,1H3. The summed E-state index contributed by atoms with van der Waals surface area (Å²) in [4.78, 5) is 31.7. The smallest absolute Gasteiger partial charge is 0.256 e. The van der Waals surface area contributed by atoms with E-state index in [4.69, 9.17) is 23.2 Å². The molecule has 2 aliphatic rings. The summed E-state index contributed by atoms with van der Waals surface area (Å²) in [5, 5.41) is 0.828. The number of carbonyl (C=O) groups excluding carboxylic acids is 2. The highest BCUT2D eigenvalue weighted by molar-refractivity contribution is 6.35. The van der Waals surface area contributed by atoms with Gasteiger partial charge in [-0.3, -0.25) is 9.59 Å². The van der Waals surface area contributed by atoms with E-state index in [-0.39, 0.29) is 11.8 Å². The predicted molar refractivity (Wildman–Crippen MR) is 99.2 cm³/mol. The minimum Gasteiger partial charge on any atom is -0.340 e. The molecule has 2 fully saturated rings. The Hall–Kier alpha value is -1.30. The van der Waals surface area contributed by atoms with Crippen molar-refractivity contribution in [1.29, 1.82) is 0 Å². The van der Waals surface area contributed by atoms with E-state index >= 15 is 0 Å². The zero-order valence-corrected chi connectivity index (χ0v) is 15.9. The maximum atomic E-state index is 13.0. The molecule has 1 unspecified atom stereocenters. The average molecular weight is 384 g/mol. The maximum absolute atomic E-state index is 13.0. The fraction of sp³-hybridized carbons (Fsp3) is 0.556. The van der Waals surface area contributed by atoms with Gasteiger partial charge in [0.2, 0.25) is 5.91 Å². The van der Waals surface area contributed by atoms with E-state index in [0.29, 0.717) is 35.1 Å². The van der Waals surface area contributed by atoms with E-state index in [0.717, 1.165) is 32.5 Å². The van der Waals surface area contributed by atoms with E-state index < -0.39 is 6.04 Å². The van der Waals surface area contributed by atoms with Crippen LogP contribution in [0, 0.1) is 0 Å². The third kappa shape index (κ3) is 4.10. The van der Waals surface area contributed by atoms with Gasteiger partial charge in [0.25, 0.3) is 5.91 Å². The number of likely N-dealkylation sites (tertiary alicyclic amines) is 1. The molecule has 5 nitrogen and oxygen atoms in total. The van der Waals surface area contributed by atoms with Crippen LogP contribution in [-0.2, 0) is 4.79 Å². The van der Waals surface area contributed by atoms with Crippen molar-refractivity contribution in [3.05, 3.63) is 33.8 Å². The molecule has 0 radical (unpaired) electrons. The Balaban J connectivity index is 1.76. The molecular weight excluding hydrogens is 361 g/mol. The quantitative estimate of drug-likeness (QED) is 0.788. The molecule has 0 spiro atoms. The molecule has 7 heteroatoms. The first-order valence-electron chi connectivity index (χ1n) is 8.70. The number of hydrogen-bond acceptors (Lipinski definition) is 3. The molecule has 1 atom stereocenters. The Labute approximate surface area is 158 Å². The van der Waals surface area contributed by atoms with Gasteiger partial charge in [-0.15, -0.1) is 0 Å². The van der Waals surface area contributed by atoms with Crippen LogP contribution in [0.5, 0.6) is 0 Å². The molecule has 2 amide bonds. The Kier molecular flexibility index (Phi) is 5.87. The van der Waals surface area contributed by atoms with Gasteiger partial charge in [-0.05, 0) is 51.1 Å². The summed E-state index contributed by atoms with van der Waals surface area (Å²) in [6.45, 7) is 3.90. The van der Waals surface area contributed by atoms with Crippen molar-refractivity contribution in [3.63, 3.8) is 0 Å². The molecule has 0 N–H and O–H groups in total. The van der Waals surface area contributed by atoms with Gasteiger partial charge >= 0.3 is 0 Å². The number of amides is 2. The first-order valence-corrected chi connectivity index (χ1v) is 9.46. The minimum atomic E-state index is -0.397. The Morgan fingerprint density at radius 1 is 1.04 bits per heavy atom. The lowest BCUT2D eigenvalue weighted by Gasteiger charge is -2.30. The number of halogens is 2. The van der Waals surface area contributed by atoms with Crippen LogP contribution >= 0.6 is 23.2 Å². The van der Waals surface area contributed by atoms with Gasteiger partial charge in [-0.25, -0.2) is 0 Å². The second-order valence-corrected chi connectivity index (χ2v) is 7.61. The fourth-order valence-corrected chi connectivity index (χ4v) is 3.93. The van der Waals surface area contributed by atoms with E-state index in [1.165, 1.54) is 0 Å². The summed E-state index contributed by atoms with van der Waals surface area (Å²) in [5.74, 6) is -0.158. The average Bonchev–Trinajstić information content (AvgIpc) is 2.98. The molecule has 2 aliphatic heterocycles. The molecule has 2 saturated heterocycles. The lowest BCUT2D eigenvalue weighted by atomic mass is 10.1. The van der Waals surface area contributed by atoms with Gasteiger partial charge in [-0.1, -0.05) is 23.2 Å². The van der Waals surface area contributed by atoms with Crippen molar-refractivity contribution in [2.75, 3.05) is 39.8 Å². The van der Waals surface area contributed by atoms with Crippen LogP contribution in [0.4, 0.5) is 0 Å². The van der Waals surface area contributed by atoms with E-state index in [1.54, 1.807) is 23.1 Å². The van der Waals surface area contributed by atoms with E-state index in [2.05, 4.69) is 11.9 Å². The number of rotatable bonds is 2. The van der Waals surface area contributed by atoms with Crippen molar-refractivity contribution in [2.45, 2.75) is 25.3 Å². The Morgan fingerprint density at radius 3 is 2.64 bits per heavy atom. The SMILES string of the molecule is CN1CCCN(C(=O)C2CCCN2C(=O)c2cc(Cl)ccc2Cl)CC1. The van der Waals surface area contributed by atoms with Gasteiger partial charge in [-0.2, -0.15) is 0 Å². The predicted octanol–water partition coefficient (Wildman–Crippen LogP) is 2.76. The van der Waals surface area contributed by atoms with Crippen molar-refractivity contribution in [1.82, 2.24) is 14.7 Å². The Morgan fingerprint density at radius 2 is 1.84 bits per heavy atom. The van der Waals surface area contributed by atoms with Crippen molar-refractivity contribution < 1.29 is 9.59 Å². The summed E-state index contributed by atoms with van der Waals surface area (Å²) < 4.78 is 0. The normalized spacial score (nSPS) is 22.1. The van der Waals surface area contributed by atoms with E-state index in [1.807, 2.05) is 4.90 Å². The summed E-state index contributed by atoms with van der Waals surface area (Å²) in [5.41, 5.74) is 0.365. The molecule has 0 aliphatic carbocycles. The summed E-state index contributed by atoms with van der Waals surface area (Å²) in [6.07, 6.45) is 2.49. The molecule has 0 bridgehead atoms. The second-order valence-electron chi connectivity index (χ2n) is 6.76. The highest BCUT2D eigenvalue weighted by atomic mass is 35.5. The zero-order valence-electron chi connectivity index (χ0n) is 14.4. The van der Waals surface area contributed by atoms with Crippen LogP contribution in [0.2, 0.25) is 10.0 Å². The van der Waals surface area contributed by atoms with Crippen molar-refractivity contribution >= 4 is 35.0 Å². The van der Waals surface area contributed by atoms with Gasteiger partial charge in [0.05, 0.1) is 10.6 Å². The van der Waals surface area contributed by atoms with Crippen LogP contribution in [-0.4, -0.2) is 72.3 Å². The van der Waals surface area contributed by atoms with Gasteiger partial charge < -0.3 is 14.7 Å². The Bertz CT molecular complexity index is 668. The van der Waals surface area contributed by atoms with Crippen LogP contribution in [0.1, 0.15) is 29.6 Å². The van der Waals surface area contributed by atoms with Crippen molar-refractivity contribution in [3.8, 4) is 0 Å². The van der Waals surface area contributed by atoms with Crippen LogP contribution in [0.3, 0.4) is 0 Å². The van der Waals surface area contributed by atoms with Crippen LogP contribution < -0.4 is 0 Å². The number of benzene rings is 1. The zero-order chi connectivity index (χ0) is 18.0. The lowest BCUT2D eigenvalue weighted by molar-refractivity contribution is -0.135. The molecule has 0 saturated carbocycles. The first-order chi connectivity index (χ1) is 12.0. The van der Waals surface area contributed by atoms with Gasteiger partial charge in [0.15, 0.2) is 0 Å². The molecule has 1 aromatic rings. The first kappa shape index (κ1) is 18.5. The molecule has 2 heterocycles. The number of hydrogen-bond donors (Lipinski definition) is 0. The summed E-state index contributed by atoms with van der Waals surface area (Å²) >= 11 is 12.2. The van der Waals surface area contributed by atoms with Crippen molar-refractivity contribution in [2.24, 2.45) is 0 Å². The number of carbonyl (C=O) groups is 2.